The lowest BCUT2D eigenvalue weighted by Crippen LogP contribution is -2.17. The monoisotopic (exact) mass is 384 g/mol. The molecular weight excluding hydrogens is 376 g/mol. The molecule has 1 aromatic heterocycles. The van der Waals surface area contributed by atoms with Gasteiger partial charge in [-0.1, -0.05) is 15.9 Å². The molecule has 2 rings (SSSR count). The second-order valence-electron chi connectivity index (χ2n) is 3.89. The SMILES string of the molecule is CN(Cc1csc(Br)c1)c1cc(Br)ccc1C#N. The van der Waals surface area contributed by atoms with Crippen LogP contribution in [0.4, 0.5) is 5.69 Å². The van der Waals surface area contributed by atoms with Gasteiger partial charge < -0.3 is 4.90 Å². The van der Waals surface area contributed by atoms with E-state index in [1.165, 1.54) is 5.56 Å². The highest BCUT2D eigenvalue weighted by Crippen LogP contribution is 2.27. The van der Waals surface area contributed by atoms with E-state index in [0.717, 1.165) is 20.5 Å². The molecule has 0 aliphatic carbocycles. The molecule has 0 bridgehead atoms. The Labute approximate surface area is 127 Å². The second-order valence-corrected chi connectivity index (χ2v) is 7.09. The summed E-state index contributed by atoms with van der Waals surface area (Å²) in [6, 6.07) is 10.0. The molecular formula is C13H10Br2N2S. The molecule has 92 valence electrons. The van der Waals surface area contributed by atoms with Crippen molar-refractivity contribution in [2.45, 2.75) is 6.54 Å². The largest absolute Gasteiger partial charge is 0.369 e. The highest BCUT2D eigenvalue weighted by Gasteiger charge is 2.09. The third-order valence-corrected chi connectivity index (χ3v) is 4.58. The van der Waals surface area contributed by atoms with E-state index in [9.17, 15) is 0 Å². The molecule has 1 heterocycles. The Morgan fingerprint density at radius 1 is 1.33 bits per heavy atom. The maximum Gasteiger partial charge on any atom is 0.101 e. The van der Waals surface area contributed by atoms with Gasteiger partial charge in [-0.2, -0.15) is 5.26 Å². The van der Waals surface area contributed by atoms with Crippen molar-refractivity contribution >= 4 is 48.9 Å². The molecule has 0 unspecified atom stereocenters. The van der Waals surface area contributed by atoms with E-state index in [2.05, 4.69) is 54.3 Å². The van der Waals surface area contributed by atoms with Gasteiger partial charge in [0, 0.05) is 18.1 Å². The van der Waals surface area contributed by atoms with E-state index < -0.39 is 0 Å². The molecule has 2 aromatic rings. The van der Waals surface area contributed by atoms with E-state index in [-0.39, 0.29) is 0 Å². The van der Waals surface area contributed by atoms with Crippen LogP contribution >= 0.6 is 43.2 Å². The highest BCUT2D eigenvalue weighted by molar-refractivity contribution is 9.11. The fourth-order valence-corrected chi connectivity index (χ4v) is 3.25. The van der Waals surface area contributed by atoms with Crippen molar-refractivity contribution in [1.82, 2.24) is 0 Å². The Morgan fingerprint density at radius 2 is 2.11 bits per heavy atom. The summed E-state index contributed by atoms with van der Waals surface area (Å²) in [5.41, 5.74) is 2.86. The first-order valence-corrected chi connectivity index (χ1v) is 7.70. The van der Waals surface area contributed by atoms with Crippen LogP contribution in [0.15, 0.2) is 37.9 Å². The smallest absolute Gasteiger partial charge is 0.101 e. The quantitative estimate of drug-likeness (QED) is 0.759. The zero-order valence-electron chi connectivity index (χ0n) is 9.65. The van der Waals surface area contributed by atoms with E-state index in [4.69, 9.17) is 5.26 Å². The summed E-state index contributed by atoms with van der Waals surface area (Å²) < 4.78 is 2.11. The van der Waals surface area contributed by atoms with Gasteiger partial charge in [0.05, 0.1) is 15.0 Å². The lowest BCUT2D eigenvalue weighted by atomic mass is 10.1. The second kappa shape index (κ2) is 5.87. The van der Waals surface area contributed by atoms with Gasteiger partial charge in [-0.15, -0.1) is 11.3 Å². The molecule has 0 aliphatic rings. The van der Waals surface area contributed by atoms with Crippen LogP contribution in [0, 0.1) is 11.3 Å². The molecule has 0 aliphatic heterocycles. The number of nitriles is 1. The van der Waals surface area contributed by atoms with E-state index in [1.54, 1.807) is 11.3 Å². The minimum absolute atomic E-state index is 0.690. The molecule has 1 aromatic carbocycles. The summed E-state index contributed by atoms with van der Waals surface area (Å²) in [5.74, 6) is 0. The van der Waals surface area contributed by atoms with Crippen molar-refractivity contribution in [3.63, 3.8) is 0 Å². The number of rotatable bonds is 3. The molecule has 0 saturated heterocycles. The summed E-state index contributed by atoms with van der Waals surface area (Å²) in [7, 11) is 1.99. The Bertz CT molecular complexity index is 601. The molecule has 0 saturated carbocycles. The number of anilines is 1. The van der Waals surface area contributed by atoms with Gasteiger partial charge in [0.15, 0.2) is 0 Å². The molecule has 0 atom stereocenters. The number of nitrogens with zero attached hydrogens (tertiary/aromatic N) is 2. The van der Waals surface area contributed by atoms with E-state index in [1.807, 2.05) is 25.2 Å². The van der Waals surface area contributed by atoms with Gasteiger partial charge in [-0.25, -0.2) is 0 Å². The van der Waals surface area contributed by atoms with Gasteiger partial charge in [0.1, 0.15) is 6.07 Å². The maximum atomic E-state index is 9.13. The minimum atomic E-state index is 0.690. The molecule has 0 N–H and O–H groups in total. The summed E-state index contributed by atoms with van der Waals surface area (Å²) in [6.45, 7) is 0.785. The first-order chi connectivity index (χ1) is 8.60. The molecule has 2 nitrogen and oxygen atoms in total. The van der Waals surface area contributed by atoms with Crippen molar-refractivity contribution in [2.75, 3.05) is 11.9 Å². The average molecular weight is 386 g/mol. The average Bonchev–Trinajstić information content (AvgIpc) is 2.74. The topological polar surface area (TPSA) is 27.0 Å². The predicted octanol–water partition coefficient (Wildman–Crippen LogP) is 4.78. The molecule has 5 heteroatoms. The minimum Gasteiger partial charge on any atom is -0.369 e. The maximum absolute atomic E-state index is 9.13. The Morgan fingerprint density at radius 3 is 2.72 bits per heavy atom. The van der Waals surface area contributed by atoms with Crippen molar-refractivity contribution in [3.8, 4) is 6.07 Å². The molecule has 0 radical (unpaired) electrons. The Balaban J connectivity index is 2.26. The third kappa shape index (κ3) is 3.14. The van der Waals surface area contributed by atoms with Crippen LogP contribution in [0.5, 0.6) is 0 Å². The van der Waals surface area contributed by atoms with Crippen LogP contribution in [0.2, 0.25) is 0 Å². The van der Waals surface area contributed by atoms with Crippen LogP contribution < -0.4 is 4.90 Å². The molecule has 0 spiro atoms. The summed E-state index contributed by atoms with van der Waals surface area (Å²) >= 11 is 8.57. The first kappa shape index (κ1) is 13.6. The van der Waals surface area contributed by atoms with Crippen molar-refractivity contribution in [3.05, 3.63) is 49.0 Å². The van der Waals surface area contributed by atoms with Crippen LogP contribution in [-0.2, 0) is 6.54 Å². The van der Waals surface area contributed by atoms with Crippen LogP contribution in [0.3, 0.4) is 0 Å². The first-order valence-electron chi connectivity index (χ1n) is 5.24. The predicted molar refractivity (Wildman–Crippen MR) is 83.0 cm³/mol. The van der Waals surface area contributed by atoms with Crippen LogP contribution in [0.25, 0.3) is 0 Å². The molecule has 0 fully saturated rings. The fraction of sp³-hybridized carbons (Fsp3) is 0.154. The number of benzene rings is 1. The third-order valence-electron chi connectivity index (χ3n) is 2.53. The molecule has 18 heavy (non-hydrogen) atoms. The lowest BCUT2D eigenvalue weighted by Gasteiger charge is -2.20. The number of halogens is 2. The zero-order chi connectivity index (χ0) is 13.1. The van der Waals surface area contributed by atoms with Gasteiger partial charge in [0.2, 0.25) is 0 Å². The van der Waals surface area contributed by atoms with Crippen molar-refractivity contribution < 1.29 is 0 Å². The fourth-order valence-electron chi connectivity index (χ4n) is 1.70. The van der Waals surface area contributed by atoms with Crippen LogP contribution in [0.1, 0.15) is 11.1 Å². The number of thiophene rings is 1. The van der Waals surface area contributed by atoms with Crippen molar-refractivity contribution in [1.29, 1.82) is 5.26 Å². The molecule has 0 amide bonds. The summed E-state index contributed by atoms with van der Waals surface area (Å²) in [4.78, 5) is 2.08. The summed E-state index contributed by atoms with van der Waals surface area (Å²) in [6.07, 6.45) is 0. The zero-order valence-corrected chi connectivity index (χ0v) is 13.6. The number of hydrogen-bond donors (Lipinski definition) is 0. The standard InChI is InChI=1S/C13H10Br2N2S/c1-17(7-9-4-13(15)18-8-9)12-5-11(14)3-2-10(12)6-16/h2-5,8H,7H2,1H3. The normalized spacial score (nSPS) is 10.1. The van der Waals surface area contributed by atoms with E-state index in [0.29, 0.717) is 5.56 Å². The van der Waals surface area contributed by atoms with Gasteiger partial charge in [-0.3, -0.25) is 0 Å². The highest BCUT2D eigenvalue weighted by atomic mass is 79.9. The summed E-state index contributed by atoms with van der Waals surface area (Å²) in [5, 5.41) is 11.2. The Hall–Kier alpha value is -0.830. The van der Waals surface area contributed by atoms with Gasteiger partial charge in [0.25, 0.3) is 0 Å². The lowest BCUT2D eigenvalue weighted by molar-refractivity contribution is 0.924. The van der Waals surface area contributed by atoms with Gasteiger partial charge in [-0.05, 0) is 51.1 Å². The van der Waals surface area contributed by atoms with Crippen molar-refractivity contribution in [2.24, 2.45) is 0 Å². The van der Waals surface area contributed by atoms with E-state index >= 15 is 0 Å². The van der Waals surface area contributed by atoms with Gasteiger partial charge >= 0.3 is 0 Å². The number of hydrogen-bond acceptors (Lipinski definition) is 3. The Kier molecular flexibility index (Phi) is 4.44. The van der Waals surface area contributed by atoms with Crippen LogP contribution in [-0.4, -0.2) is 7.05 Å².